The molecule has 0 unspecified atom stereocenters. The van der Waals surface area contributed by atoms with Gasteiger partial charge in [-0.05, 0) is 38.1 Å². The van der Waals surface area contributed by atoms with Crippen LogP contribution in [-0.2, 0) is 0 Å². The first-order valence-corrected chi connectivity index (χ1v) is 5.63. The minimum Gasteiger partial charge on any atom is -0.458 e. The van der Waals surface area contributed by atoms with Crippen LogP contribution in [0.25, 0.3) is 0 Å². The smallest absolute Gasteiger partial charge is 0.230 e. The maximum atomic E-state index is 5.47. The van der Waals surface area contributed by atoms with Crippen molar-refractivity contribution in [2.75, 3.05) is 6.79 Å². The fourth-order valence-electron chi connectivity index (χ4n) is 1.43. The van der Waals surface area contributed by atoms with Crippen LogP contribution in [0.3, 0.4) is 0 Å². The lowest BCUT2D eigenvalue weighted by Crippen LogP contribution is -2.05. The molecule has 4 heteroatoms. The van der Waals surface area contributed by atoms with Crippen LogP contribution in [0, 0.1) is 13.8 Å². The summed E-state index contributed by atoms with van der Waals surface area (Å²) in [4.78, 5) is 0. The normalized spacial score (nSPS) is 8.95. The van der Waals surface area contributed by atoms with Crippen molar-refractivity contribution in [3.63, 3.8) is 0 Å². The second-order valence-electron chi connectivity index (χ2n) is 4.03. The largest absolute Gasteiger partial charge is 0.458 e. The van der Waals surface area contributed by atoms with Gasteiger partial charge in [-0.25, -0.2) is 0 Å². The van der Waals surface area contributed by atoms with Crippen LogP contribution in [0.1, 0.15) is 11.1 Å². The van der Waals surface area contributed by atoms with Crippen LogP contribution < -0.4 is 9.47 Å². The average Bonchev–Trinajstić information content (AvgIpc) is 2.34. The van der Waals surface area contributed by atoms with Crippen molar-refractivity contribution in [2.45, 2.75) is 13.8 Å². The van der Waals surface area contributed by atoms with Crippen LogP contribution in [0.4, 0.5) is 0 Å². The lowest BCUT2D eigenvalue weighted by molar-refractivity contribution is 0.120. The first-order valence-electron chi connectivity index (χ1n) is 5.63. The highest BCUT2D eigenvalue weighted by Gasteiger charge is 1.95. The van der Waals surface area contributed by atoms with Gasteiger partial charge in [0.25, 0.3) is 0 Å². The topological polar surface area (TPSA) is 18.5 Å². The zero-order chi connectivity index (χ0) is 12.1. The molecule has 0 aliphatic carbocycles. The van der Waals surface area contributed by atoms with E-state index in [9.17, 15) is 0 Å². The molecule has 0 saturated heterocycles. The van der Waals surface area contributed by atoms with E-state index in [2.05, 4.69) is 0 Å². The number of ether oxygens (including phenoxy) is 2. The molecule has 2 rings (SSSR count). The SMILES string of the molecule is Cc1ccc(OCOc2ccc(C)cc2)cc1.Cl.Cl. The van der Waals surface area contributed by atoms with Gasteiger partial charge in [-0.1, -0.05) is 35.4 Å². The Morgan fingerprint density at radius 2 is 0.947 bits per heavy atom. The summed E-state index contributed by atoms with van der Waals surface area (Å²) >= 11 is 0. The summed E-state index contributed by atoms with van der Waals surface area (Å²) < 4.78 is 10.9. The lowest BCUT2D eigenvalue weighted by atomic mass is 10.2. The van der Waals surface area contributed by atoms with E-state index >= 15 is 0 Å². The van der Waals surface area contributed by atoms with Crippen LogP contribution in [0.2, 0.25) is 0 Å². The van der Waals surface area contributed by atoms with Gasteiger partial charge >= 0.3 is 0 Å². The maximum Gasteiger partial charge on any atom is 0.230 e. The van der Waals surface area contributed by atoms with Crippen molar-refractivity contribution < 1.29 is 9.47 Å². The molecule has 0 amide bonds. The molecule has 0 heterocycles. The molecule has 0 fully saturated rings. The van der Waals surface area contributed by atoms with Crippen molar-refractivity contribution in [1.29, 1.82) is 0 Å². The molecule has 0 aliphatic heterocycles. The van der Waals surface area contributed by atoms with Gasteiger partial charge in [-0.2, -0.15) is 0 Å². The van der Waals surface area contributed by atoms with Gasteiger partial charge in [0.15, 0.2) is 0 Å². The van der Waals surface area contributed by atoms with Gasteiger partial charge in [-0.15, -0.1) is 24.8 Å². The predicted molar refractivity (Wildman–Crippen MR) is 83.0 cm³/mol. The van der Waals surface area contributed by atoms with E-state index < -0.39 is 0 Å². The third-order valence-corrected chi connectivity index (χ3v) is 2.49. The minimum absolute atomic E-state index is 0. The first-order chi connectivity index (χ1) is 8.24. The van der Waals surface area contributed by atoms with Crippen molar-refractivity contribution >= 4 is 24.8 Å². The summed E-state index contributed by atoms with van der Waals surface area (Å²) in [6.07, 6.45) is 0. The molecular formula is C15H18Cl2O2. The van der Waals surface area contributed by atoms with E-state index in [4.69, 9.17) is 9.47 Å². The van der Waals surface area contributed by atoms with E-state index in [0.717, 1.165) is 11.5 Å². The molecule has 0 aliphatic rings. The van der Waals surface area contributed by atoms with Crippen LogP contribution in [0.5, 0.6) is 11.5 Å². The molecule has 0 N–H and O–H groups in total. The van der Waals surface area contributed by atoms with Gasteiger partial charge < -0.3 is 9.47 Å². The molecule has 19 heavy (non-hydrogen) atoms. The van der Waals surface area contributed by atoms with E-state index in [1.807, 2.05) is 62.4 Å². The maximum absolute atomic E-state index is 5.47. The zero-order valence-corrected chi connectivity index (χ0v) is 12.6. The molecular weight excluding hydrogens is 283 g/mol. The molecule has 104 valence electrons. The number of halogens is 2. The highest BCUT2D eigenvalue weighted by atomic mass is 35.5. The summed E-state index contributed by atoms with van der Waals surface area (Å²) in [7, 11) is 0. The lowest BCUT2D eigenvalue weighted by Gasteiger charge is -2.08. The van der Waals surface area contributed by atoms with Gasteiger partial charge in [0.05, 0.1) is 0 Å². The fraction of sp³-hybridized carbons (Fsp3) is 0.200. The number of hydrogen-bond donors (Lipinski definition) is 0. The second kappa shape index (κ2) is 8.68. The Morgan fingerprint density at radius 3 is 1.26 bits per heavy atom. The Morgan fingerprint density at radius 1 is 0.632 bits per heavy atom. The van der Waals surface area contributed by atoms with Crippen molar-refractivity contribution in [3.8, 4) is 11.5 Å². The van der Waals surface area contributed by atoms with E-state index in [-0.39, 0.29) is 31.6 Å². The monoisotopic (exact) mass is 300 g/mol. The summed E-state index contributed by atoms with van der Waals surface area (Å²) in [6, 6.07) is 15.8. The van der Waals surface area contributed by atoms with Crippen molar-refractivity contribution in [2.24, 2.45) is 0 Å². The van der Waals surface area contributed by atoms with Crippen molar-refractivity contribution in [1.82, 2.24) is 0 Å². The van der Waals surface area contributed by atoms with Gasteiger partial charge in [0.2, 0.25) is 6.79 Å². The molecule has 0 saturated carbocycles. The molecule has 0 atom stereocenters. The molecule has 0 aromatic heterocycles. The highest BCUT2D eigenvalue weighted by molar-refractivity contribution is 5.85. The van der Waals surface area contributed by atoms with Crippen molar-refractivity contribution in [3.05, 3.63) is 59.7 Å². The second-order valence-corrected chi connectivity index (χ2v) is 4.03. The number of benzene rings is 2. The van der Waals surface area contributed by atoms with Gasteiger partial charge in [0.1, 0.15) is 11.5 Å². The average molecular weight is 301 g/mol. The van der Waals surface area contributed by atoms with E-state index in [0.29, 0.717) is 0 Å². The predicted octanol–water partition coefficient (Wildman–Crippen LogP) is 4.56. The summed E-state index contributed by atoms with van der Waals surface area (Å²) in [5.74, 6) is 1.64. The highest BCUT2D eigenvalue weighted by Crippen LogP contribution is 2.14. The Hall–Kier alpha value is -1.38. The summed E-state index contributed by atoms with van der Waals surface area (Å²) in [6.45, 7) is 4.32. The zero-order valence-electron chi connectivity index (χ0n) is 11.0. The quantitative estimate of drug-likeness (QED) is 0.771. The molecule has 0 bridgehead atoms. The van der Waals surface area contributed by atoms with Crippen LogP contribution >= 0.6 is 24.8 Å². The molecule has 2 nitrogen and oxygen atoms in total. The Kier molecular flexibility index (Phi) is 8.05. The standard InChI is InChI=1S/C15H16O2.2ClH/c1-12-3-7-14(8-4-12)16-11-17-15-9-5-13(2)6-10-15;;/h3-10H,11H2,1-2H3;2*1H. The molecule has 0 radical (unpaired) electrons. The third-order valence-electron chi connectivity index (χ3n) is 2.49. The molecule has 2 aromatic carbocycles. The fourth-order valence-corrected chi connectivity index (χ4v) is 1.43. The molecule has 2 aromatic rings. The third kappa shape index (κ3) is 5.86. The Bertz CT molecular complexity index is 421. The molecule has 0 spiro atoms. The number of hydrogen-bond acceptors (Lipinski definition) is 2. The Balaban J connectivity index is 0.00000162. The Labute approximate surface area is 126 Å². The van der Waals surface area contributed by atoms with E-state index in [1.165, 1.54) is 11.1 Å². The first kappa shape index (κ1) is 17.6. The number of aryl methyl sites for hydroxylation is 2. The number of rotatable bonds is 4. The minimum atomic E-state index is 0. The van der Waals surface area contributed by atoms with Gasteiger partial charge in [-0.3, -0.25) is 0 Å². The van der Waals surface area contributed by atoms with Gasteiger partial charge in [0, 0.05) is 0 Å². The summed E-state index contributed by atoms with van der Waals surface area (Å²) in [5.41, 5.74) is 2.44. The van der Waals surface area contributed by atoms with Crippen LogP contribution in [0.15, 0.2) is 48.5 Å². The van der Waals surface area contributed by atoms with Crippen LogP contribution in [-0.4, -0.2) is 6.79 Å². The van der Waals surface area contributed by atoms with E-state index in [1.54, 1.807) is 0 Å². The summed E-state index contributed by atoms with van der Waals surface area (Å²) in [5, 5.41) is 0.